The summed E-state index contributed by atoms with van der Waals surface area (Å²) in [6, 6.07) is 12.0. The number of likely N-dealkylation sites (tertiary alicyclic amines) is 1. The topological polar surface area (TPSA) is 72.4 Å². The molecule has 1 amide bonds. The Hall–Kier alpha value is -3.72. The molecule has 0 spiro atoms. The van der Waals surface area contributed by atoms with Crippen LogP contribution in [0.15, 0.2) is 59.1 Å². The summed E-state index contributed by atoms with van der Waals surface area (Å²) in [5, 5.41) is 0.665. The van der Waals surface area contributed by atoms with E-state index in [-0.39, 0.29) is 30.9 Å². The van der Waals surface area contributed by atoms with Gasteiger partial charge in [0.05, 0.1) is 12.1 Å². The smallest absolute Gasteiger partial charge is 0.255 e. The number of fused-ring (bicyclic) bond motifs is 1. The van der Waals surface area contributed by atoms with Crippen LogP contribution in [0.2, 0.25) is 0 Å². The first-order chi connectivity index (χ1) is 16.7. The maximum atomic E-state index is 15.2. The number of halogens is 4. The molecule has 180 valence electrons. The standard InChI is InChI=1S/C26H21F4N3O2/c27-19-3-1-15(2-4-19)21-11-16(9-17-10-20(13-31)35-24(17)21)23-22(28)12-18(14-32-23)25(34)33-7-5-26(29,30)6-8-33/h1-4,9-12,14H,5-8,13,31H2. The van der Waals surface area contributed by atoms with Crippen LogP contribution in [0.25, 0.3) is 33.4 Å². The molecule has 4 aromatic rings. The molecule has 1 fully saturated rings. The Balaban J connectivity index is 1.52. The van der Waals surface area contributed by atoms with E-state index in [9.17, 15) is 18.0 Å². The number of nitrogens with zero attached hydrogens (tertiary/aromatic N) is 2. The summed E-state index contributed by atoms with van der Waals surface area (Å²) in [4.78, 5) is 18.2. The van der Waals surface area contributed by atoms with Crippen LogP contribution in [-0.4, -0.2) is 34.8 Å². The summed E-state index contributed by atoms with van der Waals surface area (Å²) in [6.45, 7) is -0.0353. The van der Waals surface area contributed by atoms with E-state index in [4.69, 9.17) is 10.2 Å². The van der Waals surface area contributed by atoms with E-state index in [1.807, 2.05) is 0 Å². The van der Waals surface area contributed by atoms with Gasteiger partial charge in [-0.15, -0.1) is 0 Å². The lowest BCUT2D eigenvalue weighted by atomic mass is 9.98. The van der Waals surface area contributed by atoms with E-state index in [0.29, 0.717) is 33.4 Å². The number of piperidine rings is 1. The Morgan fingerprint density at radius 2 is 1.74 bits per heavy atom. The fourth-order valence-electron chi connectivity index (χ4n) is 4.27. The minimum atomic E-state index is -2.79. The molecular weight excluding hydrogens is 462 g/mol. The molecule has 2 N–H and O–H groups in total. The molecule has 2 aromatic heterocycles. The van der Waals surface area contributed by atoms with Crippen LogP contribution in [0.5, 0.6) is 0 Å². The molecule has 35 heavy (non-hydrogen) atoms. The number of amides is 1. The van der Waals surface area contributed by atoms with Gasteiger partial charge in [-0.1, -0.05) is 12.1 Å². The minimum Gasteiger partial charge on any atom is -0.459 e. The van der Waals surface area contributed by atoms with E-state index in [1.165, 1.54) is 23.2 Å². The lowest BCUT2D eigenvalue weighted by molar-refractivity contribution is -0.0494. The summed E-state index contributed by atoms with van der Waals surface area (Å²) in [5.74, 6) is -3.92. The Morgan fingerprint density at radius 1 is 1.03 bits per heavy atom. The van der Waals surface area contributed by atoms with Crippen LogP contribution in [0.4, 0.5) is 17.6 Å². The predicted molar refractivity (Wildman–Crippen MR) is 123 cm³/mol. The molecule has 0 saturated carbocycles. The van der Waals surface area contributed by atoms with Gasteiger partial charge >= 0.3 is 0 Å². The fraction of sp³-hybridized carbons (Fsp3) is 0.231. The van der Waals surface area contributed by atoms with Gasteiger partial charge in [-0.25, -0.2) is 17.6 Å². The van der Waals surface area contributed by atoms with Crippen molar-refractivity contribution in [3.63, 3.8) is 0 Å². The van der Waals surface area contributed by atoms with E-state index in [2.05, 4.69) is 4.98 Å². The number of hydrogen-bond donors (Lipinski definition) is 1. The lowest BCUT2D eigenvalue weighted by Crippen LogP contribution is -2.42. The number of benzene rings is 2. The van der Waals surface area contributed by atoms with Crippen molar-refractivity contribution in [1.82, 2.24) is 9.88 Å². The molecule has 0 unspecified atom stereocenters. The Labute approximate surface area is 198 Å². The summed E-state index contributed by atoms with van der Waals surface area (Å²) >= 11 is 0. The van der Waals surface area contributed by atoms with Gasteiger partial charge in [-0.05, 0) is 42.0 Å². The van der Waals surface area contributed by atoms with Crippen molar-refractivity contribution in [3.05, 3.63) is 77.7 Å². The molecule has 1 saturated heterocycles. The summed E-state index contributed by atoms with van der Waals surface area (Å²) in [7, 11) is 0. The second-order valence-corrected chi connectivity index (χ2v) is 8.57. The molecule has 5 rings (SSSR count). The van der Waals surface area contributed by atoms with Crippen LogP contribution in [0.1, 0.15) is 29.0 Å². The van der Waals surface area contributed by atoms with E-state index in [1.54, 1.807) is 30.3 Å². The summed E-state index contributed by atoms with van der Waals surface area (Å²) < 4.78 is 61.4. The molecule has 3 heterocycles. The van der Waals surface area contributed by atoms with Crippen molar-refractivity contribution >= 4 is 16.9 Å². The van der Waals surface area contributed by atoms with Crippen molar-refractivity contribution in [1.29, 1.82) is 0 Å². The van der Waals surface area contributed by atoms with Crippen molar-refractivity contribution in [2.75, 3.05) is 13.1 Å². The van der Waals surface area contributed by atoms with E-state index >= 15 is 4.39 Å². The van der Waals surface area contributed by atoms with Gasteiger partial charge in [0, 0.05) is 48.6 Å². The predicted octanol–water partition coefficient (Wildman–Crippen LogP) is 5.77. The highest BCUT2D eigenvalue weighted by atomic mass is 19.3. The summed E-state index contributed by atoms with van der Waals surface area (Å²) in [6.07, 6.45) is 0.402. The van der Waals surface area contributed by atoms with Gasteiger partial charge in [-0.2, -0.15) is 0 Å². The van der Waals surface area contributed by atoms with Crippen LogP contribution < -0.4 is 5.73 Å². The van der Waals surface area contributed by atoms with E-state index < -0.39 is 36.3 Å². The average Bonchev–Trinajstić information content (AvgIpc) is 3.27. The zero-order valence-electron chi connectivity index (χ0n) is 18.5. The van der Waals surface area contributed by atoms with Gasteiger partial charge in [0.25, 0.3) is 11.8 Å². The maximum Gasteiger partial charge on any atom is 0.255 e. The SMILES string of the molecule is NCc1cc2cc(-c3ncc(C(=O)N4CCC(F)(F)CC4)cc3F)cc(-c3ccc(F)cc3)c2o1. The third-order valence-corrected chi connectivity index (χ3v) is 6.17. The van der Waals surface area contributed by atoms with Crippen molar-refractivity contribution in [2.24, 2.45) is 5.73 Å². The first-order valence-corrected chi connectivity index (χ1v) is 11.1. The van der Waals surface area contributed by atoms with Crippen LogP contribution in [0, 0.1) is 11.6 Å². The average molecular weight is 483 g/mol. The first-order valence-electron chi connectivity index (χ1n) is 11.1. The highest BCUT2D eigenvalue weighted by Gasteiger charge is 2.36. The molecule has 0 atom stereocenters. The molecule has 0 bridgehead atoms. The number of aromatic nitrogens is 1. The molecule has 2 aromatic carbocycles. The zero-order chi connectivity index (χ0) is 24.7. The highest BCUT2D eigenvalue weighted by Crippen LogP contribution is 2.36. The van der Waals surface area contributed by atoms with Crippen LogP contribution in [-0.2, 0) is 6.54 Å². The number of alkyl halides is 2. The van der Waals surface area contributed by atoms with Crippen LogP contribution in [0.3, 0.4) is 0 Å². The minimum absolute atomic E-state index is 0.00693. The van der Waals surface area contributed by atoms with Crippen molar-refractivity contribution in [3.8, 4) is 22.4 Å². The lowest BCUT2D eigenvalue weighted by Gasteiger charge is -2.31. The van der Waals surface area contributed by atoms with Gasteiger partial charge in [0.1, 0.15) is 28.7 Å². The molecule has 0 radical (unpaired) electrons. The van der Waals surface area contributed by atoms with Gasteiger partial charge < -0.3 is 15.1 Å². The molecule has 1 aliphatic rings. The van der Waals surface area contributed by atoms with Crippen molar-refractivity contribution < 1.29 is 26.8 Å². The molecule has 5 nitrogen and oxygen atoms in total. The van der Waals surface area contributed by atoms with E-state index in [0.717, 1.165) is 6.07 Å². The number of carbonyl (C=O) groups excluding carboxylic acids is 1. The van der Waals surface area contributed by atoms with Gasteiger partial charge in [-0.3, -0.25) is 9.78 Å². The molecule has 9 heteroatoms. The number of furan rings is 1. The van der Waals surface area contributed by atoms with Crippen LogP contribution >= 0.6 is 0 Å². The molecular formula is C26H21F4N3O2. The normalized spacial score (nSPS) is 15.5. The zero-order valence-corrected chi connectivity index (χ0v) is 18.5. The largest absolute Gasteiger partial charge is 0.459 e. The van der Waals surface area contributed by atoms with Crippen molar-refractivity contribution in [2.45, 2.75) is 25.3 Å². The Bertz CT molecular complexity index is 1410. The monoisotopic (exact) mass is 483 g/mol. The number of hydrogen-bond acceptors (Lipinski definition) is 4. The molecule has 1 aliphatic heterocycles. The fourth-order valence-corrected chi connectivity index (χ4v) is 4.27. The Kier molecular flexibility index (Phi) is 5.80. The Morgan fingerprint density at radius 3 is 2.40 bits per heavy atom. The number of pyridine rings is 1. The number of carbonyl (C=O) groups is 1. The second-order valence-electron chi connectivity index (χ2n) is 8.57. The third-order valence-electron chi connectivity index (χ3n) is 6.17. The third kappa shape index (κ3) is 4.51. The van der Waals surface area contributed by atoms with Gasteiger partial charge in [0.2, 0.25) is 0 Å². The quantitative estimate of drug-likeness (QED) is 0.374. The first kappa shape index (κ1) is 23.0. The van der Waals surface area contributed by atoms with Gasteiger partial charge in [0.15, 0.2) is 0 Å². The maximum absolute atomic E-state index is 15.2. The molecule has 0 aliphatic carbocycles. The summed E-state index contributed by atoms with van der Waals surface area (Å²) in [5.41, 5.74) is 7.93. The highest BCUT2D eigenvalue weighted by molar-refractivity contribution is 5.97. The number of nitrogens with two attached hydrogens (primary N) is 1. The number of rotatable bonds is 4. The second kappa shape index (κ2) is 8.81.